The van der Waals surface area contributed by atoms with E-state index >= 15 is 0 Å². The highest BCUT2D eigenvalue weighted by Crippen LogP contribution is 2.39. The first-order valence-corrected chi connectivity index (χ1v) is 8.95. The Morgan fingerprint density at radius 2 is 1.89 bits per heavy atom. The van der Waals surface area contributed by atoms with E-state index in [4.69, 9.17) is 18.9 Å². The molecule has 1 aromatic carbocycles. The number of amides is 1. The third kappa shape index (κ3) is 4.61. The largest absolute Gasteiger partial charge is 0.493 e. The number of hydrogen-bond donors (Lipinski definition) is 2. The topological polar surface area (TPSA) is 104 Å². The molecule has 3 rings (SSSR count). The highest BCUT2D eigenvalue weighted by molar-refractivity contribution is 6.03. The second-order valence-corrected chi connectivity index (χ2v) is 6.19. The molecule has 1 aliphatic heterocycles. The van der Waals surface area contributed by atoms with Gasteiger partial charge in [0.2, 0.25) is 5.75 Å². The number of hydrogen-bond acceptors (Lipinski definition) is 8. The summed E-state index contributed by atoms with van der Waals surface area (Å²) < 4.78 is 21.4. The summed E-state index contributed by atoms with van der Waals surface area (Å²) in [5.41, 5.74) is 0.679. The van der Waals surface area contributed by atoms with Crippen molar-refractivity contribution < 1.29 is 23.7 Å². The summed E-state index contributed by atoms with van der Waals surface area (Å²) >= 11 is 0. The Hall–Kier alpha value is -3.07. The smallest absolute Gasteiger partial charge is 0.276 e. The van der Waals surface area contributed by atoms with E-state index in [2.05, 4.69) is 20.8 Å². The first-order chi connectivity index (χ1) is 13.6. The van der Waals surface area contributed by atoms with Crippen LogP contribution >= 0.6 is 0 Å². The monoisotopic (exact) mass is 388 g/mol. The van der Waals surface area contributed by atoms with E-state index in [-0.39, 0.29) is 11.8 Å². The van der Waals surface area contributed by atoms with Crippen LogP contribution in [0.1, 0.15) is 23.3 Å². The van der Waals surface area contributed by atoms with Gasteiger partial charge in [-0.05, 0) is 25.0 Å². The van der Waals surface area contributed by atoms with Crippen molar-refractivity contribution in [1.82, 2.24) is 10.2 Å². The molecule has 28 heavy (non-hydrogen) atoms. The zero-order valence-corrected chi connectivity index (χ0v) is 16.2. The fraction of sp³-hybridized carbons (Fsp3) is 0.421. The van der Waals surface area contributed by atoms with Gasteiger partial charge in [-0.15, -0.1) is 10.2 Å². The van der Waals surface area contributed by atoms with E-state index in [9.17, 15) is 4.79 Å². The number of carbonyl (C=O) groups excluding carboxylic acids is 1. The van der Waals surface area contributed by atoms with Crippen LogP contribution < -0.4 is 24.8 Å². The third-order valence-corrected chi connectivity index (χ3v) is 4.35. The number of methoxy groups -OCH3 is 3. The van der Waals surface area contributed by atoms with Gasteiger partial charge in [-0.3, -0.25) is 4.79 Å². The molecule has 1 aromatic heterocycles. The van der Waals surface area contributed by atoms with Gasteiger partial charge in [-0.25, -0.2) is 0 Å². The number of nitrogens with one attached hydrogen (secondary N) is 2. The first-order valence-electron chi connectivity index (χ1n) is 8.95. The van der Waals surface area contributed by atoms with Crippen LogP contribution in [0.15, 0.2) is 24.3 Å². The highest BCUT2D eigenvalue weighted by Gasteiger charge is 2.17. The van der Waals surface area contributed by atoms with E-state index in [0.717, 1.165) is 19.4 Å². The Morgan fingerprint density at radius 3 is 2.43 bits per heavy atom. The van der Waals surface area contributed by atoms with Crippen LogP contribution in [0.5, 0.6) is 17.2 Å². The standard InChI is InChI=1S/C19H24N4O5/c1-25-15-9-12(10-16(26-2)18(15)27-3)21-19(24)14-6-7-17(23-22-14)20-11-13-5-4-8-28-13/h6-7,9-10,13H,4-5,8,11H2,1-3H3,(H,20,23)(H,21,24). The molecule has 2 aromatic rings. The van der Waals surface area contributed by atoms with Crippen molar-refractivity contribution in [3.8, 4) is 17.2 Å². The lowest BCUT2D eigenvalue weighted by Crippen LogP contribution is -2.20. The summed E-state index contributed by atoms with van der Waals surface area (Å²) in [6.07, 6.45) is 2.32. The lowest BCUT2D eigenvalue weighted by molar-refractivity contribution is 0.102. The van der Waals surface area contributed by atoms with Gasteiger partial charge in [0.25, 0.3) is 5.91 Å². The van der Waals surface area contributed by atoms with E-state index in [1.54, 1.807) is 24.3 Å². The molecule has 0 radical (unpaired) electrons. The maximum atomic E-state index is 12.5. The number of carbonyl (C=O) groups is 1. The molecule has 9 nitrogen and oxygen atoms in total. The van der Waals surface area contributed by atoms with Gasteiger partial charge in [0.05, 0.1) is 27.4 Å². The molecule has 1 atom stereocenters. The fourth-order valence-electron chi connectivity index (χ4n) is 2.92. The lowest BCUT2D eigenvalue weighted by atomic mass is 10.2. The summed E-state index contributed by atoms with van der Waals surface area (Å²) in [6, 6.07) is 6.61. The molecule has 0 aliphatic carbocycles. The van der Waals surface area contributed by atoms with Crippen molar-refractivity contribution in [3.05, 3.63) is 30.0 Å². The quantitative estimate of drug-likeness (QED) is 0.710. The fourth-order valence-corrected chi connectivity index (χ4v) is 2.92. The zero-order chi connectivity index (χ0) is 19.9. The summed E-state index contributed by atoms with van der Waals surface area (Å²) in [5.74, 6) is 1.53. The van der Waals surface area contributed by atoms with Crippen molar-refractivity contribution in [1.29, 1.82) is 0 Å². The van der Waals surface area contributed by atoms with Gasteiger partial charge in [-0.2, -0.15) is 0 Å². The maximum absolute atomic E-state index is 12.5. The molecule has 1 aliphatic rings. The average molecular weight is 388 g/mol. The molecule has 150 valence electrons. The molecule has 2 N–H and O–H groups in total. The van der Waals surface area contributed by atoms with Crippen molar-refractivity contribution in [3.63, 3.8) is 0 Å². The Balaban J connectivity index is 1.65. The highest BCUT2D eigenvalue weighted by atomic mass is 16.5. The Labute approximate surface area is 163 Å². The summed E-state index contributed by atoms with van der Waals surface area (Å²) in [6.45, 7) is 1.48. The van der Waals surface area contributed by atoms with Gasteiger partial charge < -0.3 is 29.6 Å². The minimum absolute atomic E-state index is 0.191. The summed E-state index contributed by atoms with van der Waals surface area (Å²) in [5, 5.41) is 14.0. The Morgan fingerprint density at radius 1 is 1.14 bits per heavy atom. The molecule has 0 saturated carbocycles. The molecule has 1 saturated heterocycles. The van der Waals surface area contributed by atoms with Crippen LogP contribution in [0, 0.1) is 0 Å². The van der Waals surface area contributed by atoms with Crippen LogP contribution in [0.25, 0.3) is 0 Å². The van der Waals surface area contributed by atoms with Crippen molar-refractivity contribution in [2.75, 3.05) is 45.1 Å². The van der Waals surface area contributed by atoms with E-state index in [0.29, 0.717) is 35.3 Å². The second-order valence-electron chi connectivity index (χ2n) is 6.19. The van der Waals surface area contributed by atoms with E-state index < -0.39 is 5.91 Å². The normalized spacial score (nSPS) is 15.8. The van der Waals surface area contributed by atoms with Crippen molar-refractivity contribution >= 4 is 17.4 Å². The van der Waals surface area contributed by atoms with Crippen LogP contribution in [0.2, 0.25) is 0 Å². The maximum Gasteiger partial charge on any atom is 0.276 e. The van der Waals surface area contributed by atoms with E-state index in [1.807, 2.05) is 0 Å². The van der Waals surface area contributed by atoms with Gasteiger partial charge in [0, 0.05) is 31.0 Å². The third-order valence-electron chi connectivity index (χ3n) is 4.35. The molecule has 1 unspecified atom stereocenters. The molecule has 1 fully saturated rings. The average Bonchev–Trinajstić information content (AvgIpc) is 3.25. The predicted octanol–water partition coefficient (Wildman–Crippen LogP) is 2.35. The van der Waals surface area contributed by atoms with Gasteiger partial charge >= 0.3 is 0 Å². The van der Waals surface area contributed by atoms with Crippen LogP contribution in [-0.4, -0.2) is 56.7 Å². The number of benzene rings is 1. The Kier molecular flexibility index (Phi) is 6.49. The minimum Gasteiger partial charge on any atom is -0.493 e. The van der Waals surface area contributed by atoms with Gasteiger partial charge in [-0.1, -0.05) is 0 Å². The Bertz CT molecular complexity index is 781. The number of rotatable bonds is 8. The molecule has 0 spiro atoms. The lowest BCUT2D eigenvalue weighted by Gasteiger charge is -2.14. The molecule has 9 heteroatoms. The molecular formula is C19H24N4O5. The van der Waals surface area contributed by atoms with Crippen LogP contribution in [0.4, 0.5) is 11.5 Å². The number of ether oxygens (including phenoxy) is 4. The van der Waals surface area contributed by atoms with Gasteiger partial charge in [0.15, 0.2) is 17.2 Å². The van der Waals surface area contributed by atoms with Gasteiger partial charge in [0.1, 0.15) is 5.82 Å². The first kappa shape index (κ1) is 19.7. The van der Waals surface area contributed by atoms with Crippen LogP contribution in [0.3, 0.4) is 0 Å². The predicted molar refractivity (Wildman–Crippen MR) is 104 cm³/mol. The molecular weight excluding hydrogens is 364 g/mol. The molecule has 2 heterocycles. The second kappa shape index (κ2) is 9.23. The molecule has 1 amide bonds. The van der Waals surface area contributed by atoms with Crippen molar-refractivity contribution in [2.24, 2.45) is 0 Å². The number of anilines is 2. The number of aromatic nitrogens is 2. The number of nitrogens with zero attached hydrogens (tertiary/aromatic N) is 2. The van der Waals surface area contributed by atoms with Crippen molar-refractivity contribution in [2.45, 2.75) is 18.9 Å². The molecule has 0 bridgehead atoms. The summed E-state index contributed by atoms with van der Waals surface area (Å²) in [4.78, 5) is 12.5. The SMILES string of the molecule is COc1cc(NC(=O)c2ccc(NCC3CCCO3)nn2)cc(OC)c1OC. The van der Waals surface area contributed by atoms with Crippen LogP contribution in [-0.2, 0) is 4.74 Å². The minimum atomic E-state index is -0.396. The zero-order valence-electron chi connectivity index (χ0n) is 16.2. The summed E-state index contributed by atoms with van der Waals surface area (Å²) in [7, 11) is 4.54. The van der Waals surface area contributed by atoms with E-state index in [1.165, 1.54) is 21.3 Å².